The predicted octanol–water partition coefficient (Wildman–Crippen LogP) is 2.16. The van der Waals surface area contributed by atoms with E-state index in [1.807, 2.05) is 31.2 Å². The Morgan fingerprint density at radius 1 is 1.47 bits per heavy atom. The summed E-state index contributed by atoms with van der Waals surface area (Å²) in [5.74, 6) is -0.268. The van der Waals surface area contributed by atoms with Gasteiger partial charge in [-0.2, -0.15) is 0 Å². The van der Waals surface area contributed by atoms with Gasteiger partial charge in [-0.1, -0.05) is 23.7 Å². The van der Waals surface area contributed by atoms with Crippen molar-refractivity contribution in [2.45, 2.75) is 13.0 Å². The first kappa shape index (κ1) is 12.0. The van der Waals surface area contributed by atoms with Crippen LogP contribution in [0.3, 0.4) is 0 Å². The third kappa shape index (κ3) is 3.90. The van der Waals surface area contributed by atoms with E-state index in [2.05, 4.69) is 10.1 Å². The standard InChI is InChI=1S/C11H14ClNO2/c1-8(13-7-11(14)15-2)9-3-5-10(12)6-4-9/h3-6,8,13H,7H2,1-2H3/t8-/m1/s1. The van der Waals surface area contributed by atoms with Crippen LogP contribution in [0, 0.1) is 0 Å². The van der Waals surface area contributed by atoms with Gasteiger partial charge in [0.1, 0.15) is 0 Å². The highest BCUT2D eigenvalue weighted by Crippen LogP contribution is 2.15. The molecular formula is C11H14ClNO2. The van der Waals surface area contributed by atoms with Crippen LogP contribution in [0.25, 0.3) is 0 Å². The second kappa shape index (κ2) is 5.73. The third-order valence-corrected chi connectivity index (χ3v) is 2.40. The molecule has 0 saturated carbocycles. The Bertz CT molecular complexity index is 324. The summed E-state index contributed by atoms with van der Waals surface area (Å²) >= 11 is 5.77. The fraction of sp³-hybridized carbons (Fsp3) is 0.364. The van der Waals surface area contributed by atoms with Crippen molar-refractivity contribution in [2.75, 3.05) is 13.7 Å². The molecule has 4 heteroatoms. The maximum absolute atomic E-state index is 10.9. The number of carbonyl (C=O) groups excluding carboxylic acids is 1. The fourth-order valence-electron chi connectivity index (χ4n) is 1.18. The molecule has 0 radical (unpaired) electrons. The van der Waals surface area contributed by atoms with Crippen LogP contribution >= 0.6 is 11.6 Å². The van der Waals surface area contributed by atoms with Gasteiger partial charge >= 0.3 is 5.97 Å². The van der Waals surface area contributed by atoms with Crippen molar-refractivity contribution in [1.82, 2.24) is 5.32 Å². The molecule has 0 amide bonds. The third-order valence-electron chi connectivity index (χ3n) is 2.15. The second-order valence-corrected chi connectivity index (χ2v) is 3.67. The molecular weight excluding hydrogens is 214 g/mol. The number of nitrogens with one attached hydrogen (secondary N) is 1. The number of carbonyl (C=O) groups is 1. The monoisotopic (exact) mass is 227 g/mol. The Labute approximate surface area is 94.4 Å². The number of methoxy groups -OCH3 is 1. The number of halogens is 1. The largest absolute Gasteiger partial charge is 0.468 e. The molecule has 1 aromatic carbocycles. The lowest BCUT2D eigenvalue weighted by Crippen LogP contribution is -2.26. The maximum Gasteiger partial charge on any atom is 0.319 e. The number of esters is 1. The van der Waals surface area contributed by atoms with Crippen LogP contribution in [0.1, 0.15) is 18.5 Å². The maximum atomic E-state index is 10.9. The van der Waals surface area contributed by atoms with Crippen LogP contribution in [-0.4, -0.2) is 19.6 Å². The van der Waals surface area contributed by atoms with Crippen molar-refractivity contribution >= 4 is 17.6 Å². The molecule has 0 aliphatic carbocycles. The predicted molar refractivity (Wildman–Crippen MR) is 59.9 cm³/mol. The molecule has 0 bridgehead atoms. The molecule has 0 aliphatic heterocycles. The van der Waals surface area contributed by atoms with Crippen molar-refractivity contribution in [3.63, 3.8) is 0 Å². The molecule has 0 saturated heterocycles. The number of benzene rings is 1. The zero-order valence-electron chi connectivity index (χ0n) is 8.79. The van der Waals surface area contributed by atoms with Crippen LogP contribution in [0.4, 0.5) is 0 Å². The highest BCUT2D eigenvalue weighted by molar-refractivity contribution is 6.30. The van der Waals surface area contributed by atoms with Crippen molar-refractivity contribution in [2.24, 2.45) is 0 Å². The van der Waals surface area contributed by atoms with Gasteiger partial charge < -0.3 is 10.1 Å². The molecule has 0 spiro atoms. The Morgan fingerprint density at radius 3 is 2.60 bits per heavy atom. The molecule has 0 heterocycles. The Morgan fingerprint density at radius 2 is 2.07 bits per heavy atom. The summed E-state index contributed by atoms with van der Waals surface area (Å²) < 4.78 is 4.53. The average Bonchev–Trinajstić information content (AvgIpc) is 2.26. The molecule has 0 aromatic heterocycles. The lowest BCUT2D eigenvalue weighted by atomic mass is 10.1. The van der Waals surface area contributed by atoms with Gasteiger partial charge in [-0.25, -0.2) is 0 Å². The summed E-state index contributed by atoms with van der Waals surface area (Å²) in [6.07, 6.45) is 0. The summed E-state index contributed by atoms with van der Waals surface area (Å²) in [5, 5.41) is 3.76. The van der Waals surface area contributed by atoms with Gasteiger partial charge in [-0.05, 0) is 24.6 Å². The molecule has 1 rings (SSSR count). The van der Waals surface area contributed by atoms with E-state index in [4.69, 9.17) is 11.6 Å². The SMILES string of the molecule is COC(=O)CN[C@H](C)c1ccc(Cl)cc1. The first-order valence-corrected chi connectivity index (χ1v) is 5.07. The first-order chi connectivity index (χ1) is 7.13. The number of hydrogen-bond donors (Lipinski definition) is 1. The van der Waals surface area contributed by atoms with Crippen molar-refractivity contribution in [1.29, 1.82) is 0 Å². The topological polar surface area (TPSA) is 38.3 Å². The molecule has 15 heavy (non-hydrogen) atoms. The Kier molecular flexibility index (Phi) is 4.59. The van der Waals surface area contributed by atoms with E-state index in [-0.39, 0.29) is 18.6 Å². The van der Waals surface area contributed by atoms with Gasteiger partial charge in [0.2, 0.25) is 0 Å². The van der Waals surface area contributed by atoms with Gasteiger partial charge in [0.15, 0.2) is 0 Å². The normalized spacial score (nSPS) is 12.2. The molecule has 1 aromatic rings. The van der Waals surface area contributed by atoms with Crippen molar-refractivity contribution < 1.29 is 9.53 Å². The quantitative estimate of drug-likeness (QED) is 0.802. The fourth-order valence-corrected chi connectivity index (χ4v) is 1.30. The van der Waals surface area contributed by atoms with Crippen LogP contribution in [0.5, 0.6) is 0 Å². The van der Waals surface area contributed by atoms with E-state index in [9.17, 15) is 4.79 Å². The van der Waals surface area contributed by atoms with E-state index in [0.717, 1.165) is 5.56 Å². The molecule has 82 valence electrons. The zero-order chi connectivity index (χ0) is 11.3. The molecule has 0 unspecified atom stereocenters. The highest BCUT2D eigenvalue weighted by Gasteiger charge is 2.06. The van der Waals surface area contributed by atoms with E-state index >= 15 is 0 Å². The molecule has 3 nitrogen and oxygen atoms in total. The zero-order valence-corrected chi connectivity index (χ0v) is 9.54. The lowest BCUT2D eigenvalue weighted by Gasteiger charge is -2.13. The number of rotatable bonds is 4. The minimum Gasteiger partial charge on any atom is -0.468 e. The highest BCUT2D eigenvalue weighted by atomic mass is 35.5. The Hall–Kier alpha value is -1.06. The van der Waals surface area contributed by atoms with E-state index in [1.165, 1.54) is 7.11 Å². The first-order valence-electron chi connectivity index (χ1n) is 4.69. The summed E-state index contributed by atoms with van der Waals surface area (Å²) in [6.45, 7) is 2.19. The van der Waals surface area contributed by atoms with Gasteiger partial charge in [-0.3, -0.25) is 4.79 Å². The molecule has 0 fully saturated rings. The smallest absolute Gasteiger partial charge is 0.319 e. The molecule has 0 aliphatic rings. The second-order valence-electron chi connectivity index (χ2n) is 3.23. The minimum atomic E-state index is -0.268. The van der Waals surface area contributed by atoms with E-state index in [1.54, 1.807) is 0 Å². The number of ether oxygens (including phenoxy) is 1. The molecule has 1 N–H and O–H groups in total. The summed E-state index contributed by atoms with van der Waals surface area (Å²) in [5.41, 5.74) is 1.09. The lowest BCUT2D eigenvalue weighted by molar-refractivity contribution is -0.139. The van der Waals surface area contributed by atoms with E-state index < -0.39 is 0 Å². The van der Waals surface area contributed by atoms with Crippen LogP contribution < -0.4 is 5.32 Å². The van der Waals surface area contributed by atoms with Crippen LogP contribution in [0.15, 0.2) is 24.3 Å². The van der Waals surface area contributed by atoms with Crippen molar-refractivity contribution in [3.8, 4) is 0 Å². The van der Waals surface area contributed by atoms with Gasteiger partial charge in [0, 0.05) is 11.1 Å². The molecule has 1 atom stereocenters. The summed E-state index contributed by atoms with van der Waals surface area (Å²) in [6, 6.07) is 7.61. The van der Waals surface area contributed by atoms with Crippen LogP contribution in [0.2, 0.25) is 5.02 Å². The van der Waals surface area contributed by atoms with E-state index in [0.29, 0.717) is 5.02 Å². The van der Waals surface area contributed by atoms with Crippen molar-refractivity contribution in [3.05, 3.63) is 34.9 Å². The summed E-state index contributed by atoms with van der Waals surface area (Å²) in [4.78, 5) is 10.9. The number of hydrogen-bond acceptors (Lipinski definition) is 3. The van der Waals surface area contributed by atoms with Crippen LogP contribution in [-0.2, 0) is 9.53 Å². The minimum absolute atomic E-state index is 0.0985. The van der Waals surface area contributed by atoms with Gasteiger partial charge in [-0.15, -0.1) is 0 Å². The summed E-state index contributed by atoms with van der Waals surface area (Å²) in [7, 11) is 1.37. The van der Waals surface area contributed by atoms with Gasteiger partial charge in [0.25, 0.3) is 0 Å². The Balaban J connectivity index is 2.50. The van der Waals surface area contributed by atoms with Gasteiger partial charge in [0.05, 0.1) is 13.7 Å². The average molecular weight is 228 g/mol.